The van der Waals surface area contributed by atoms with Crippen LogP contribution < -0.4 is 5.73 Å². The molecule has 0 unspecified atom stereocenters. The van der Waals surface area contributed by atoms with Gasteiger partial charge in [-0.05, 0) is 44.4 Å². The Hall–Kier alpha value is -0.120. The van der Waals surface area contributed by atoms with E-state index in [-0.39, 0.29) is 5.54 Å². The van der Waals surface area contributed by atoms with Crippen molar-refractivity contribution < 1.29 is 9.47 Å². The van der Waals surface area contributed by atoms with Gasteiger partial charge in [-0.25, -0.2) is 0 Å². The summed E-state index contributed by atoms with van der Waals surface area (Å²) >= 11 is 0. The normalized spacial score (nSPS) is 29.5. The fraction of sp³-hybridized carbons (Fsp3) is 1.00. The van der Waals surface area contributed by atoms with Gasteiger partial charge in [0.05, 0.1) is 0 Å². The summed E-state index contributed by atoms with van der Waals surface area (Å²) < 4.78 is 10.6. The Morgan fingerprint density at radius 2 is 1.88 bits per heavy atom. The first-order valence-electron chi connectivity index (χ1n) is 7.06. The predicted octanol–water partition coefficient (Wildman–Crippen LogP) is 2.73. The van der Waals surface area contributed by atoms with Crippen molar-refractivity contribution in [3.8, 4) is 0 Å². The van der Waals surface area contributed by atoms with Crippen molar-refractivity contribution in [2.75, 3.05) is 26.9 Å². The van der Waals surface area contributed by atoms with Crippen LogP contribution in [0.4, 0.5) is 0 Å². The molecule has 0 amide bonds. The lowest BCUT2D eigenvalue weighted by Gasteiger charge is -2.37. The summed E-state index contributed by atoms with van der Waals surface area (Å²) in [6, 6.07) is 0. The average Bonchev–Trinajstić information content (AvgIpc) is 2.35. The smallest absolute Gasteiger partial charge is 0.0487 e. The zero-order chi connectivity index (χ0) is 12.6. The van der Waals surface area contributed by atoms with Gasteiger partial charge in [0.25, 0.3) is 0 Å². The summed E-state index contributed by atoms with van der Waals surface area (Å²) in [7, 11) is 1.72. The summed E-state index contributed by atoms with van der Waals surface area (Å²) in [6.45, 7) is 4.66. The van der Waals surface area contributed by atoms with Crippen LogP contribution in [-0.4, -0.2) is 32.5 Å². The van der Waals surface area contributed by atoms with E-state index in [9.17, 15) is 0 Å². The van der Waals surface area contributed by atoms with Gasteiger partial charge in [-0.15, -0.1) is 0 Å². The number of ether oxygens (including phenoxy) is 2. The molecule has 1 saturated carbocycles. The molecule has 17 heavy (non-hydrogen) atoms. The van der Waals surface area contributed by atoms with Crippen LogP contribution in [0.3, 0.4) is 0 Å². The molecule has 3 nitrogen and oxygen atoms in total. The van der Waals surface area contributed by atoms with Gasteiger partial charge in [0.15, 0.2) is 0 Å². The minimum atomic E-state index is 0.0485. The van der Waals surface area contributed by atoms with Gasteiger partial charge in [-0.1, -0.05) is 13.3 Å². The molecule has 1 rings (SSSR count). The number of rotatable bonds is 8. The molecule has 0 spiro atoms. The fourth-order valence-corrected chi connectivity index (χ4v) is 2.59. The number of methoxy groups -OCH3 is 1. The fourth-order valence-electron chi connectivity index (χ4n) is 2.59. The van der Waals surface area contributed by atoms with Gasteiger partial charge in [0.1, 0.15) is 0 Å². The number of hydrogen-bond acceptors (Lipinski definition) is 3. The number of hydrogen-bond donors (Lipinski definition) is 1. The quantitative estimate of drug-likeness (QED) is 0.667. The lowest BCUT2D eigenvalue weighted by atomic mass is 9.75. The molecular formula is C14H29NO2. The van der Waals surface area contributed by atoms with E-state index in [1.165, 1.54) is 32.1 Å². The highest BCUT2D eigenvalue weighted by atomic mass is 16.5. The summed E-state index contributed by atoms with van der Waals surface area (Å²) in [5.41, 5.74) is 6.46. The maximum absolute atomic E-state index is 6.41. The third-order valence-corrected chi connectivity index (χ3v) is 4.06. The summed E-state index contributed by atoms with van der Waals surface area (Å²) in [4.78, 5) is 0. The van der Waals surface area contributed by atoms with E-state index in [1.54, 1.807) is 7.11 Å². The van der Waals surface area contributed by atoms with Crippen LogP contribution in [0.15, 0.2) is 0 Å². The Kier molecular flexibility index (Phi) is 7.09. The molecule has 0 aromatic heterocycles. The van der Waals surface area contributed by atoms with Crippen LogP contribution in [0, 0.1) is 5.92 Å². The molecular weight excluding hydrogens is 214 g/mol. The van der Waals surface area contributed by atoms with Gasteiger partial charge in [-0.3, -0.25) is 0 Å². The molecule has 2 N–H and O–H groups in total. The first kappa shape index (κ1) is 14.9. The van der Waals surface area contributed by atoms with Gasteiger partial charge in [0, 0.05) is 32.5 Å². The second kappa shape index (κ2) is 8.06. The Balaban J connectivity index is 2.06. The zero-order valence-corrected chi connectivity index (χ0v) is 11.5. The molecule has 0 radical (unpaired) electrons. The Morgan fingerprint density at radius 1 is 1.18 bits per heavy atom. The van der Waals surface area contributed by atoms with Crippen molar-refractivity contribution >= 4 is 0 Å². The zero-order valence-electron chi connectivity index (χ0n) is 11.5. The molecule has 0 aromatic rings. The largest absolute Gasteiger partial charge is 0.385 e. The topological polar surface area (TPSA) is 44.5 Å². The lowest BCUT2D eigenvalue weighted by molar-refractivity contribution is 0.0809. The lowest BCUT2D eigenvalue weighted by Crippen LogP contribution is -2.44. The Morgan fingerprint density at radius 3 is 2.47 bits per heavy atom. The molecule has 0 aliphatic heterocycles. The van der Waals surface area contributed by atoms with Crippen LogP contribution >= 0.6 is 0 Å². The van der Waals surface area contributed by atoms with Crippen LogP contribution in [0.5, 0.6) is 0 Å². The highest BCUT2D eigenvalue weighted by molar-refractivity contribution is 4.89. The number of nitrogens with two attached hydrogens (primary N) is 1. The molecule has 0 aromatic carbocycles. The third kappa shape index (κ3) is 5.84. The third-order valence-electron chi connectivity index (χ3n) is 4.06. The van der Waals surface area contributed by atoms with Crippen molar-refractivity contribution in [2.45, 2.75) is 57.4 Å². The van der Waals surface area contributed by atoms with Crippen LogP contribution in [0.1, 0.15) is 51.9 Å². The highest BCUT2D eigenvalue weighted by Gasteiger charge is 2.30. The second-order valence-electron chi connectivity index (χ2n) is 5.42. The molecule has 102 valence electrons. The van der Waals surface area contributed by atoms with E-state index in [1.807, 2.05) is 0 Å². The Labute approximate surface area is 106 Å². The average molecular weight is 243 g/mol. The van der Waals surface area contributed by atoms with E-state index in [2.05, 4.69) is 6.92 Å². The minimum Gasteiger partial charge on any atom is -0.385 e. The second-order valence-corrected chi connectivity index (χ2v) is 5.42. The van der Waals surface area contributed by atoms with Crippen LogP contribution in [0.25, 0.3) is 0 Å². The van der Waals surface area contributed by atoms with E-state index in [0.29, 0.717) is 0 Å². The van der Waals surface area contributed by atoms with Gasteiger partial charge in [-0.2, -0.15) is 0 Å². The van der Waals surface area contributed by atoms with Gasteiger partial charge >= 0.3 is 0 Å². The molecule has 1 aliphatic rings. The van der Waals surface area contributed by atoms with Crippen molar-refractivity contribution in [1.29, 1.82) is 0 Å². The predicted molar refractivity (Wildman–Crippen MR) is 71.1 cm³/mol. The van der Waals surface area contributed by atoms with Crippen LogP contribution in [-0.2, 0) is 9.47 Å². The van der Waals surface area contributed by atoms with E-state index in [4.69, 9.17) is 15.2 Å². The highest BCUT2D eigenvalue weighted by Crippen LogP contribution is 2.33. The maximum Gasteiger partial charge on any atom is 0.0487 e. The molecule has 0 heterocycles. The van der Waals surface area contributed by atoms with Crippen molar-refractivity contribution in [3.05, 3.63) is 0 Å². The van der Waals surface area contributed by atoms with E-state index in [0.717, 1.165) is 38.6 Å². The SMILES string of the molecule is CCC1CCC(N)(CCOCCCOC)CC1. The molecule has 3 heteroatoms. The van der Waals surface area contributed by atoms with E-state index >= 15 is 0 Å². The minimum absolute atomic E-state index is 0.0485. The first-order chi connectivity index (χ1) is 8.20. The molecule has 0 bridgehead atoms. The monoisotopic (exact) mass is 243 g/mol. The molecule has 0 saturated heterocycles. The van der Waals surface area contributed by atoms with Crippen molar-refractivity contribution in [2.24, 2.45) is 11.7 Å². The maximum atomic E-state index is 6.41. The van der Waals surface area contributed by atoms with Gasteiger partial charge < -0.3 is 15.2 Å². The van der Waals surface area contributed by atoms with E-state index < -0.39 is 0 Å². The van der Waals surface area contributed by atoms with Crippen LogP contribution in [0.2, 0.25) is 0 Å². The summed E-state index contributed by atoms with van der Waals surface area (Å²) in [5, 5.41) is 0. The first-order valence-corrected chi connectivity index (χ1v) is 7.06. The standard InChI is InChI=1S/C14H29NO2/c1-3-13-5-7-14(15,8-6-13)9-12-17-11-4-10-16-2/h13H,3-12,15H2,1-2H3. The molecule has 1 fully saturated rings. The molecule has 0 atom stereocenters. The summed E-state index contributed by atoms with van der Waals surface area (Å²) in [6.07, 6.45) is 8.25. The Bertz CT molecular complexity index is 189. The van der Waals surface area contributed by atoms with Gasteiger partial charge in [0.2, 0.25) is 0 Å². The van der Waals surface area contributed by atoms with Crippen molar-refractivity contribution in [1.82, 2.24) is 0 Å². The molecule has 1 aliphatic carbocycles. The van der Waals surface area contributed by atoms with Crippen molar-refractivity contribution in [3.63, 3.8) is 0 Å². The summed E-state index contributed by atoms with van der Waals surface area (Å²) in [5.74, 6) is 0.911.